The van der Waals surface area contributed by atoms with Crippen LogP contribution in [0.1, 0.15) is 37.7 Å². The van der Waals surface area contributed by atoms with E-state index < -0.39 is 24.6 Å². The molecule has 39 heavy (non-hydrogen) atoms. The highest BCUT2D eigenvalue weighted by atomic mass is 16.6. The number of rotatable bonds is 6. The molecule has 0 spiro atoms. The minimum Gasteiger partial charge on any atom is -0.444 e. The number of morpholine rings is 1. The van der Waals surface area contributed by atoms with E-state index in [0.29, 0.717) is 62.4 Å². The molecule has 0 saturated carbocycles. The van der Waals surface area contributed by atoms with E-state index in [0.717, 1.165) is 16.8 Å². The first-order valence-corrected chi connectivity index (χ1v) is 13.0. The molecule has 2 aliphatic heterocycles. The number of hydrogen-bond acceptors (Lipinski definition) is 10. The van der Waals surface area contributed by atoms with Gasteiger partial charge in [0, 0.05) is 49.3 Å². The number of benzene rings is 1. The van der Waals surface area contributed by atoms with Crippen LogP contribution in [-0.4, -0.2) is 76.7 Å². The topological polar surface area (TPSA) is 133 Å². The fourth-order valence-corrected chi connectivity index (χ4v) is 4.75. The highest BCUT2D eigenvalue weighted by molar-refractivity contribution is 6.44. The molecule has 204 valence electrons. The molecule has 3 N–H and O–H groups in total. The van der Waals surface area contributed by atoms with Crippen molar-refractivity contribution in [1.29, 1.82) is 0 Å². The fraction of sp³-hybridized carbons (Fsp3) is 0.407. The molecule has 1 saturated heterocycles. The second-order valence-electron chi connectivity index (χ2n) is 10.6. The average molecular weight is 532 g/mol. The molecule has 11 nitrogen and oxygen atoms in total. The van der Waals surface area contributed by atoms with Gasteiger partial charge < -0.3 is 34.6 Å². The standard InChI is InChI=1S/C27H33BN6O5/c1-27(2,3)39-26(35)30-15-18-6-8-19(9-7-18)23-22-21(28(36)37)17-34(20-5-4-10-29-16-20)24(22)32-25(31-23)33-11-13-38-14-12-33/h4-10,16,21,36-37H,11-15,17H2,1-3H3,(H,30,35). The third-order valence-electron chi connectivity index (χ3n) is 6.59. The molecular formula is C27H33BN6O5. The normalized spacial score (nSPS) is 17.1. The summed E-state index contributed by atoms with van der Waals surface area (Å²) in [5.74, 6) is 0.565. The van der Waals surface area contributed by atoms with Gasteiger partial charge in [0.25, 0.3) is 0 Å². The minimum absolute atomic E-state index is 0.308. The smallest absolute Gasteiger partial charge is 0.444 e. The monoisotopic (exact) mass is 532 g/mol. The molecule has 12 heteroatoms. The predicted octanol–water partition coefficient (Wildman–Crippen LogP) is 2.65. The summed E-state index contributed by atoms with van der Waals surface area (Å²) in [6.45, 7) is 8.57. The lowest BCUT2D eigenvalue weighted by Gasteiger charge is -2.28. The van der Waals surface area contributed by atoms with Crippen molar-refractivity contribution in [2.24, 2.45) is 0 Å². The second kappa shape index (κ2) is 11.2. The van der Waals surface area contributed by atoms with Crippen LogP contribution in [0.3, 0.4) is 0 Å². The number of anilines is 3. The number of nitrogens with zero attached hydrogens (tertiary/aromatic N) is 5. The third-order valence-corrected chi connectivity index (χ3v) is 6.59. The lowest BCUT2D eigenvalue weighted by atomic mass is 9.69. The molecule has 1 aromatic carbocycles. The first kappa shape index (κ1) is 26.9. The van der Waals surface area contributed by atoms with Crippen molar-refractivity contribution >= 4 is 30.7 Å². The maximum Gasteiger partial charge on any atom is 0.461 e. The van der Waals surface area contributed by atoms with Gasteiger partial charge in [-0.3, -0.25) is 4.98 Å². The van der Waals surface area contributed by atoms with Crippen molar-refractivity contribution < 1.29 is 24.3 Å². The van der Waals surface area contributed by atoms with Crippen molar-refractivity contribution in [3.05, 3.63) is 59.9 Å². The van der Waals surface area contributed by atoms with Gasteiger partial charge in [-0.2, -0.15) is 4.98 Å². The van der Waals surface area contributed by atoms with Crippen molar-refractivity contribution in [3.8, 4) is 11.3 Å². The summed E-state index contributed by atoms with van der Waals surface area (Å²) in [4.78, 5) is 30.2. The van der Waals surface area contributed by atoms with E-state index in [1.54, 1.807) is 12.4 Å². The Morgan fingerprint density at radius 2 is 1.90 bits per heavy atom. The van der Waals surface area contributed by atoms with Crippen molar-refractivity contribution in [3.63, 3.8) is 0 Å². The summed E-state index contributed by atoms with van der Waals surface area (Å²) in [6, 6.07) is 11.4. The zero-order valence-electron chi connectivity index (χ0n) is 22.4. The molecule has 1 fully saturated rings. The largest absolute Gasteiger partial charge is 0.461 e. The van der Waals surface area contributed by atoms with Crippen LogP contribution < -0.4 is 15.1 Å². The van der Waals surface area contributed by atoms with Gasteiger partial charge >= 0.3 is 13.2 Å². The molecule has 2 aromatic heterocycles. The van der Waals surface area contributed by atoms with Crippen LogP contribution in [0.15, 0.2) is 48.8 Å². The quantitative estimate of drug-likeness (QED) is 0.407. The number of amides is 1. The average Bonchev–Trinajstić information content (AvgIpc) is 3.32. The molecule has 1 unspecified atom stereocenters. The minimum atomic E-state index is -1.60. The number of aromatic nitrogens is 3. The summed E-state index contributed by atoms with van der Waals surface area (Å²) in [5, 5.41) is 23.5. The van der Waals surface area contributed by atoms with Gasteiger partial charge in [0.15, 0.2) is 0 Å². The molecule has 0 radical (unpaired) electrons. The van der Waals surface area contributed by atoms with Gasteiger partial charge in [0.05, 0.1) is 30.8 Å². The summed E-state index contributed by atoms with van der Waals surface area (Å²) in [7, 11) is -1.60. The Morgan fingerprint density at radius 1 is 1.15 bits per heavy atom. The number of carbonyl (C=O) groups is 1. The van der Waals surface area contributed by atoms with Crippen LogP contribution in [0.2, 0.25) is 0 Å². The number of alkyl carbamates (subject to hydrolysis) is 1. The molecular weight excluding hydrogens is 499 g/mol. The van der Waals surface area contributed by atoms with E-state index in [-0.39, 0.29) is 0 Å². The van der Waals surface area contributed by atoms with Crippen LogP contribution in [0.25, 0.3) is 11.3 Å². The van der Waals surface area contributed by atoms with Gasteiger partial charge in [0.2, 0.25) is 5.95 Å². The van der Waals surface area contributed by atoms with Gasteiger partial charge in [0.1, 0.15) is 11.4 Å². The summed E-state index contributed by atoms with van der Waals surface area (Å²) in [5.41, 5.74) is 3.24. The summed E-state index contributed by atoms with van der Waals surface area (Å²) < 4.78 is 10.8. The van der Waals surface area contributed by atoms with Gasteiger partial charge in [-0.15, -0.1) is 0 Å². The number of pyridine rings is 1. The third kappa shape index (κ3) is 6.13. The zero-order valence-corrected chi connectivity index (χ0v) is 22.4. The highest BCUT2D eigenvalue weighted by Gasteiger charge is 2.41. The molecule has 2 aliphatic rings. The number of nitrogens with one attached hydrogen (secondary N) is 1. The number of carbonyl (C=O) groups excluding carboxylic acids is 1. The molecule has 4 heterocycles. The van der Waals surface area contributed by atoms with E-state index in [4.69, 9.17) is 19.4 Å². The Balaban J connectivity index is 1.52. The van der Waals surface area contributed by atoms with Gasteiger partial charge in [-0.05, 0) is 38.5 Å². The maximum absolute atomic E-state index is 12.1. The van der Waals surface area contributed by atoms with Crippen molar-refractivity contribution in [1.82, 2.24) is 20.3 Å². The van der Waals surface area contributed by atoms with E-state index in [9.17, 15) is 14.8 Å². The zero-order chi connectivity index (χ0) is 27.6. The molecule has 0 bridgehead atoms. The molecule has 0 aliphatic carbocycles. The number of fused-ring (bicyclic) bond motifs is 1. The number of hydrogen-bond donors (Lipinski definition) is 3. The fourth-order valence-electron chi connectivity index (χ4n) is 4.75. The lowest BCUT2D eigenvalue weighted by Crippen LogP contribution is -2.37. The van der Waals surface area contributed by atoms with Gasteiger partial charge in [-0.25, -0.2) is 9.78 Å². The van der Waals surface area contributed by atoms with Crippen LogP contribution in [0.5, 0.6) is 0 Å². The molecule has 3 aromatic rings. The summed E-state index contributed by atoms with van der Waals surface area (Å²) in [6.07, 6.45) is 2.95. The van der Waals surface area contributed by atoms with Crippen LogP contribution in [-0.2, 0) is 16.0 Å². The van der Waals surface area contributed by atoms with Crippen molar-refractivity contribution in [2.45, 2.75) is 38.7 Å². The Bertz CT molecular complexity index is 1300. The van der Waals surface area contributed by atoms with Crippen LogP contribution >= 0.6 is 0 Å². The lowest BCUT2D eigenvalue weighted by molar-refractivity contribution is 0.0523. The van der Waals surface area contributed by atoms with Crippen LogP contribution in [0, 0.1) is 0 Å². The first-order valence-electron chi connectivity index (χ1n) is 13.0. The molecule has 1 amide bonds. The highest BCUT2D eigenvalue weighted by Crippen LogP contribution is 2.45. The SMILES string of the molecule is CC(C)(C)OC(=O)NCc1ccc(-c2nc(N3CCOCC3)nc3c2C(B(O)O)CN3c2cccnc2)cc1. The van der Waals surface area contributed by atoms with Crippen LogP contribution in [0.4, 0.5) is 22.2 Å². The molecule has 1 atom stereocenters. The Morgan fingerprint density at radius 3 is 2.54 bits per heavy atom. The Kier molecular flexibility index (Phi) is 7.69. The Hall–Kier alpha value is -3.74. The van der Waals surface area contributed by atoms with Gasteiger partial charge in [-0.1, -0.05) is 24.3 Å². The first-order chi connectivity index (χ1) is 18.7. The Labute approximate surface area is 228 Å². The predicted molar refractivity (Wildman–Crippen MR) is 148 cm³/mol. The summed E-state index contributed by atoms with van der Waals surface area (Å²) >= 11 is 0. The van der Waals surface area contributed by atoms with E-state index >= 15 is 0 Å². The number of ether oxygens (including phenoxy) is 2. The van der Waals surface area contributed by atoms with Crippen molar-refractivity contribution in [2.75, 3.05) is 42.6 Å². The van der Waals surface area contributed by atoms with E-state index in [2.05, 4.69) is 15.2 Å². The van der Waals surface area contributed by atoms with E-state index in [1.807, 2.05) is 62.1 Å². The maximum atomic E-state index is 12.1. The van der Waals surface area contributed by atoms with E-state index in [1.165, 1.54) is 0 Å². The molecule has 5 rings (SSSR count). The second-order valence-corrected chi connectivity index (χ2v) is 10.6.